The number of hydrogen-bond acceptors (Lipinski definition) is 2. The Hall–Kier alpha value is -2.08. The van der Waals surface area contributed by atoms with Gasteiger partial charge < -0.3 is 0 Å². The van der Waals surface area contributed by atoms with E-state index in [0.717, 1.165) is 21.3 Å². The molecule has 0 spiro atoms. The first-order valence-corrected chi connectivity index (χ1v) is 8.68. The largest absolute Gasteiger partial charge is 0.409 e. The number of halogens is 3. The number of carbonyl (C=O) groups is 1. The highest BCUT2D eigenvalue weighted by molar-refractivity contribution is 5.84. The third-order valence-corrected chi connectivity index (χ3v) is 4.93. The fraction of sp³-hybridized carbons (Fsp3) is 0.450. The van der Waals surface area contributed by atoms with Crippen molar-refractivity contribution in [3.05, 3.63) is 47.5 Å². The Morgan fingerprint density at radius 2 is 1.58 bits per heavy atom. The summed E-state index contributed by atoms with van der Waals surface area (Å²) < 4.78 is 41.7. The molecule has 1 atom stereocenters. The summed E-state index contributed by atoms with van der Waals surface area (Å²) >= 11 is 0. The lowest BCUT2D eigenvalue weighted by Gasteiger charge is -2.38. The molecule has 3 rings (SSSR count). The first-order chi connectivity index (χ1) is 12.0. The molecule has 0 saturated carbocycles. The molecular weight excluding hydrogens is 341 g/mol. The number of nitrogens with one attached hydrogen (secondary N) is 1. The van der Waals surface area contributed by atoms with E-state index < -0.39 is 23.7 Å². The molecule has 0 bridgehead atoms. The van der Waals surface area contributed by atoms with Gasteiger partial charge in [0.1, 0.15) is 0 Å². The first-order valence-electron chi connectivity index (χ1n) is 8.68. The van der Waals surface area contributed by atoms with Crippen LogP contribution in [0.25, 0.3) is 10.8 Å². The van der Waals surface area contributed by atoms with Crippen LogP contribution in [0.15, 0.2) is 36.4 Å². The molecule has 140 valence electrons. The van der Waals surface area contributed by atoms with Crippen molar-refractivity contribution in [3.8, 4) is 0 Å². The van der Waals surface area contributed by atoms with Gasteiger partial charge in [-0.2, -0.15) is 18.2 Å². The Bertz CT molecular complexity index is 843. The van der Waals surface area contributed by atoms with Crippen molar-refractivity contribution in [1.82, 2.24) is 10.4 Å². The highest BCUT2D eigenvalue weighted by atomic mass is 19.4. The standard InChI is InChI=1S/C20H23F3N2O/c1-12(2)13-5-6-15-10-16(8-7-14(15)9-13)18(20(21,22)23)25-19(3,4)11-17(26)24-25/h5-10,12,18H,11H2,1-4H3,(H,24,26)/t18-/m0/s1. The Balaban J connectivity index is 2.07. The molecule has 1 N–H and O–H groups in total. The molecule has 0 unspecified atom stereocenters. The van der Waals surface area contributed by atoms with Gasteiger partial charge in [-0.3, -0.25) is 10.2 Å². The maximum absolute atomic E-state index is 13.9. The van der Waals surface area contributed by atoms with E-state index in [4.69, 9.17) is 0 Å². The van der Waals surface area contributed by atoms with Crippen LogP contribution in [0.1, 0.15) is 57.2 Å². The van der Waals surface area contributed by atoms with Crippen molar-refractivity contribution >= 4 is 16.7 Å². The summed E-state index contributed by atoms with van der Waals surface area (Å²) in [5.74, 6) is -0.0470. The number of benzene rings is 2. The molecule has 2 aromatic carbocycles. The van der Waals surface area contributed by atoms with E-state index in [1.54, 1.807) is 26.0 Å². The fourth-order valence-electron chi connectivity index (χ4n) is 3.51. The van der Waals surface area contributed by atoms with Crippen molar-refractivity contribution in [2.75, 3.05) is 0 Å². The molecule has 1 heterocycles. The molecule has 26 heavy (non-hydrogen) atoms. The van der Waals surface area contributed by atoms with Gasteiger partial charge in [-0.1, -0.05) is 44.2 Å². The first kappa shape index (κ1) is 18.7. The van der Waals surface area contributed by atoms with Gasteiger partial charge in [0, 0.05) is 12.0 Å². The fourth-order valence-corrected chi connectivity index (χ4v) is 3.51. The molecule has 0 aromatic heterocycles. The Morgan fingerprint density at radius 1 is 1.04 bits per heavy atom. The van der Waals surface area contributed by atoms with Crippen LogP contribution in [0.4, 0.5) is 13.2 Å². The van der Waals surface area contributed by atoms with Crippen molar-refractivity contribution < 1.29 is 18.0 Å². The molecule has 1 aliphatic heterocycles. The highest BCUT2D eigenvalue weighted by Gasteiger charge is 2.52. The third-order valence-electron chi connectivity index (χ3n) is 4.93. The van der Waals surface area contributed by atoms with E-state index >= 15 is 0 Å². The molecule has 6 heteroatoms. The van der Waals surface area contributed by atoms with E-state index in [2.05, 4.69) is 19.3 Å². The van der Waals surface area contributed by atoms with Crippen molar-refractivity contribution in [2.45, 2.75) is 57.8 Å². The Labute approximate surface area is 151 Å². The lowest BCUT2D eigenvalue weighted by molar-refractivity contribution is -0.203. The molecule has 0 radical (unpaired) electrons. The van der Waals surface area contributed by atoms with Crippen molar-refractivity contribution in [3.63, 3.8) is 0 Å². The molecular formula is C20H23F3N2O. The maximum Gasteiger partial charge on any atom is 0.409 e. The van der Waals surface area contributed by atoms with E-state index in [1.807, 2.05) is 18.2 Å². The highest BCUT2D eigenvalue weighted by Crippen LogP contribution is 2.43. The van der Waals surface area contributed by atoms with Gasteiger partial charge >= 0.3 is 6.18 Å². The number of fused-ring (bicyclic) bond motifs is 1. The average molecular weight is 364 g/mol. The lowest BCUT2D eigenvalue weighted by atomic mass is 9.94. The summed E-state index contributed by atoms with van der Waals surface area (Å²) in [4.78, 5) is 11.7. The third kappa shape index (κ3) is 3.43. The normalized spacial score (nSPS) is 19.2. The molecule has 1 fully saturated rings. The second-order valence-electron chi connectivity index (χ2n) is 7.86. The molecule has 1 saturated heterocycles. The van der Waals surface area contributed by atoms with Crippen LogP contribution in [-0.4, -0.2) is 22.6 Å². The summed E-state index contributed by atoms with van der Waals surface area (Å²) in [5.41, 5.74) is 2.74. The zero-order valence-electron chi connectivity index (χ0n) is 15.3. The van der Waals surface area contributed by atoms with Gasteiger partial charge in [-0.05, 0) is 47.7 Å². The summed E-state index contributed by atoms with van der Waals surface area (Å²) in [5, 5.41) is 2.70. The smallest absolute Gasteiger partial charge is 0.287 e. The molecule has 3 nitrogen and oxygen atoms in total. The van der Waals surface area contributed by atoms with Crippen LogP contribution < -0.4 is 5.43 Å². The number of hydrazine groups is 1. The molecule has 1 amide bonds. The van der Waals surface area contributed by atoms with Gasteiger partial charge in [-0.25, -0.2) is 0 Å². The van der Waals surface area contributed by atoms with Gasteiger partial charge in [0.25, 0.3) is 0 Å². The number of amides is 1. The van der Waals surface area contributed by atoms with E-state index in [1.165, 1.54) is 6.07 Å². The van der Waals surface area contributed by atoms with Crippen LogP contribution in [0.5, 0.6) is 0 Å². The molecule has 0 aliphatic carbocycles. The summed E-state index contributed by atoms with van der Waals surface area (Å²) in [6, 6.07) is 8.71. The topological polar surface area (TPSA) is 32.3 Å². The predicted molar refractivity (Wildman–Crippen MR) is 95.5 cm³/mol. The molecule has 2 aromatic rings. The second kappa shape index (κ2) is 6.27. The number of alkyl halides is 3. The minimum absolute atomic E-state index is 0.0326. The Kier molecular flexibility index (Phi) is 4.51. The maximum atomic E-state index is 13.9. The van der Waals surface area contributed by atoms with Crippen molar-refractivity contribution in [2.24, 2.45) is 0 Å². The second-order valence-corrected chi connectivity index (χ2v) is 7.86. The van der Waals surface area contributed by atoms with Crippen molar-refractivity contribution in [1.29, 1.82) is 0 Å². The average Bonchev–Trinajstić information content (AvgIpc) is 2.77. The number of carbonyl (C=O) groups excluding carboxylic acids is 1. The summed E-state index contributed by atoms with van der Waals surface area (Å²) in [7, 11) is 0. The van der Waals surface area contributed by atoms with Crippen LogP contribution in [0.2, 0.25) is 0 Å². The monoisotopic (exact) mass is 364 g/mol. The van der Waals surface area contributed by atoms with E-state index in [-0.39, 0.29) is 12.0 Å². The number of rotatable bonds is 3. The van der Waals surface area contributed by atoms with Crippen LogP contribution >= 0.6 is 0 Å². The number of hydrogen-bond donors (Lipinski definition) is 1. The quantitative estimate of drug-likeness (QED) is 0.823. The Morgan fingerprint density at radius 3 is 2.04 bits per heavy atom. The minimum Gasteiger partial charge on any atom is -0.287 e. The van der Waals surface area contributed by atoms with Gasteiger partial charge in [-0.15, -0.1) is 0 Å². The zero-order chi connectivity index (χ0) is 19.3. The predicted octanol–water partition coefficient (Wildman–Crippen LogP) is 5.08. The van der Waals surface area contributed by atoms with E-state index in [9.17, 15) is 18.0 Å². The van der Waals surface area contributed by atoms with Crippen LogP contribution in [0.3, 0.4) is 0 Å². The summed E-state index contributed by atoms with van der Waals surface area (Å²) in [6.45, 7) is 7.43. The van der Waals surface area contributed by atoms with E-state index in [0.29, 0.717) is 5.92 Å². The minimum atomic E-state index is -4.51. The van der Waals surface area contributed by atoms with Crippen LogP contribution in [0, 0.1) is 0 Å². The summed E-state index contributed by atoms with van der Waals surface area (Å²) in [6.07, 6.45) is -4.48. The van der Waals surface area contributed by atoms with Gasteiger partial charge in [0.15, 0.2) is 6.04 Å². The zero-order valence-corrected chi connectivity index (χ0v) is 15.3. The van der Waals surface area contributed by atoms with Gasteiger partial charge in [0.2, 0.25) is 5.91 Å². The van der Waals surface area contributed by atoms with Crippen LogP contribution in [-0.2, 0) is 4.79 Å². The SMILES string of the molecule is CC(C)c1ccc2cc([C@H](N3NC(=O)CC3(C)C)C(F)(F)F)ccc2c1. The lowest BCUT2D eigenvalue weighted by Crippen LogP contribution is -2.51. The molecule has 1 aliphatic rings. The van der Waals surface area contributed by atoms with Gasteiger partial charge in [0.05, 0.1) is 0 Å². The number of nitrogens with zero attached hydrogens (tertiary/aromatic N) is 1.